The molecule has 0 saturated carbocycles. The molecule has 1 saturated heterocycles. The molecule has 4 nitrogen and oxygen atoms in total. The molecule has 0 aromatic rings. The Morgan fingerprint density at radius 3 is 2.42 bits per heavy atom. The van der Waals surface area contributed by atoms with Crippen molar-refractivity contribution in [3.63, 3.8) is 0 Å². The van der Waals surface area contributed by atoms with Gasteiger partial charge < -0.3 is 0 Å². The van der Waals surface area contributed by atoms with Gasteiger partial charge in [-0.3, -0.25) is 5.32 Å². The van der Waals surface area contributed by atoms with Gasteiger partial charge in [0.05, 0.1) is 0 Å². The molecule has 0 bridgehead atoms. The highest BCUT2D eigenvalue weighted by atomic mass is 33.2. The maximum absolute atomic E-state index is 10.7. The molecular formula is C6H13NO3S2. The second kappa shape index (κ2) is 3.53. The molecule has 6 heteroatoms. The molecule has 1 heterocycles. The van der Waals surface area contributed by atoms with Crippen LogP contribution in [-0.4, -0.2) is 20.0 Å². The van der Waals surface area contributed by atoms with Crippen molar-refractivity contribution < 1.29 is 12.6 Å². The van der Waals surface area contributed by atoms with Gasteiger partial charge in [0.15, 0.2) is 0 Å². The first-order chi connectivity index (χ1) is 5.54. The smallest absolute Gasteiger partial charge is 0.279 e. The Kier molecular flexibility index (Phi) is 3.03. The van der Waals surface area contributed by atoms with E-state index in [1.807, 2.05) is 13.8 Å². The third-order valence-corrected chi connectivity index (χ3v) is 4.79. The molecule has 0 radical (unpaired) electrons. The SMILES string of the molecule is CCCNC1(CC)OS(=O)(=O)S1. The molecule has 1 rings (SSSR count). The predicted octanol–water partition coefficient (Wildman–Crippen LogP) is 1.06. The van der Waals surface area contributed by atoms with E-state index in [0.29, 0.717) is 6.42 Å². The molecule has 0 amide bonds. The fraction of sp³-hybridized carbons (Fsp3) is 1.00. The minimum absolute atomic E-state index is 0.650. The van der Waals surface area contributed by atoms with Crippen molar-refractivity contribution in [1.82, 2.24) is 5.32 Å². The largest absolute Gasteiger partial charge is 0.328 e. The summed E-state index contributed by atoms with van der Waals surface area (Å²) in [4.78, 5) is 0. The zero-order chi connectivity index (χ0) is 9.24. The van der Waals surface area contributed by atoms with Gasteiger partial charge in [-0.15, -0.1) is 0 Å². The van der Waals surface area contributed by atoms with Gasteiger partial charge >= 0.3 is 9.15 Å². The summed E-state index contributed by atoms with van der Waals surface area (Å²) in [5.74, 6) is 0. The van der Waals surface area contributed by atoms with Gasteiger partial charge in [-0.25, -0.2) is 4.18 Å². The van der Waals surface area contributed by atoms with Crippen molar-refractivity contribution in [3.05, 3.63) is 0 Å². The molecule has 0 aliphatic carbocycles. The van der Waals surface area contributed by atoms with Gasteiger partial charge in [0, 0.05) is 10.8 Å². The predicted molar refractivity (Wildman–Crippen MR) is 48.9 cm³/mol. The molecule has 0 aromatic carbocycles. The lowest BCUT2D eigenvalue weighted by Gasteiger charge is -2.38. The van der Waals surface area contributed by atoms with E-state index in [4.69, 9.17) is 4.18 Å². The maximum Gasteiger partial charge on any atom is 0.328 e. The monoisotopic (exact) mass is 211 g/mol. The highest BCUT2D eigenvalue weighted by Crippen LogP contribution is 2.45. The van der Waals surface area contributed by atoms with E-state index in [1.165, 1.54) is 0 Å². The standard InChI is InChI=1S/C6H13NO3S2/c1-3-5-7-6(4-2)10-12(8,9)11-6/h7H,3-5H2,1-2H3. The number of hydrogen-bond acceptors (Lipinski definition) is 5. The van der Waals surface area contributed by atoms with Crippen LogP contribution in [0.15, 0.2) is 0 Å². The average Bonchev–Trinajstić information content (AvgIpc) is 1.96. The minimum Gasteiger partial charge on any atom is -0.279 e. The summed E-state index contributed by atoms with van der Waals surface area (Å²) in [5.41, 5.74) is 0. The van der Waals surface area contributed by atoms with Crippen molar-refractivity contribution in [3.8, 4) is 0 Å². The van der Waals surface area contributed by atoms with Crippen LogP contribution in [-0.2, 0) is 13.3 Å². The summed E-state index contributed by atoms with van der Waals surface area (Å²) in [6.07, 6.45) is 1.61. The van der Waals surface area contributed by atoms with Crippen LogP contribution in [0.4, 0.5) is 0 Å². The topological polar surface area (TPSA) is 55.4 Å². The van der Waals surface area contributed by atoms with Gasteiger partial charge in [-0.05, 0) is 19.4 Å². The van der Waals surface area contributed by atoms with E-state index in [1.54, 1.807) is 0 Å². The average molecular weight is 211 g/mol. The van der Waals surface area contributed by atoms with Crippen molar-refractivity contribution in [2.75, 3.05) is 6.54 Å². The van der Waals surface area contributed by atoms with Crippen LogP contribution >= 0.6 is 10.8 Å². The van der Waals surface area contributed by atoms with Crippen LogP contribution in [0.5, 0.6) is 0 Å². The fourth-order valence-corrected chi connectivity index (χ4v) is 4.13. The van der Waals surface area contributed by atoms with E-state index >= 15 is 0 Å². The van der Waals surface area contributed by atoms with E-state index in [-0.39, 0.29) is 0 Å². The third-order valence-electron chi connectivity index (χ3n) is 1.58. The summed E-state index contributed by atoms with van der Waals surface area (Å²) in [6, 6.07) is 0. The Hall–Kier alpha value is 0.220. The van der Waals surface area contributed by atoms with Gasteiger partial charge in [0.2, 0.25) is 5.06 Å². The highest BCUT2D eigenvalue weighted by Gasteiger charge is 2.50. The minimum atomic E-state index is -3.28. The summed E-state index contributed by atoms with van der Waals surface area (Å²) in [7, 11) is -2.42. The summed E-state index contributed by atoms with van der Waals surface area (Å²) in [5, 5.41) is 2.38. The molecular weight excluding hydrogens is 198 g/mol. The lowest BCUT2D eigenvalue weighted by molar-refractivity contribution is 0.121. The van der Waals surface area contributed by atoms with Crippen LogP contribution in [0, 0.1) is 0 Å². The zero-order valence-corrected chi connectivity index (χ0v) is 8.80. The van der Waals surface area contributed by atoms with E-state index in [9.17, 15) is 8.42 Å². The molecule has 1 aliphatic heterocycles. The third kappa shape index (κ3) is 2.12. The molecule has 1 unspecified atom stereocenters. The summed E-state index contributed by atoms with van der Waals surface area (Å²) >= 11 is 0. The molecule has 1 atom stereocenters. The fourth-order valence-electron chi connectivity index (χ4n) is 0.953. The molecule has 1 fully saturated rings. The molecule has 1 N–H and O–H groups in total. The Morgan fingerprint density at radius 2 is 2.08 bits per heavy atom. The van der Waals surface area contributed by atoms with Crippen molar-refractivity contribution in [2.24, 2.45) is 0 Å². The Balaban J connectivity index is 2.47. The molecule has 0 spiro atoms. The first-order valence-electron chi connectivity index (χ1n) is 3.95. The first-order valence-corrected chi connectivity index (χ1v) is 6.69. The maximum atomic E-state index is 10.7. The summed E-state index contributed by atoms with van der Waals surface area (Å²) < 4.78 is 26.2. The van der Waals surface area contributed by atoms with Gasteiger partial charge in [0.1, 0.15) is 0 Å². The van der Waals surface area contributed by atoms with Gasteiger partial charge in [-0.1, -0.05) is 13.8 Å². The number of rotatable bonds is 4. The normalized spacial score (nSPS) is 32.8. The Morgan fingerprint density at radius 1 is 1.50 bits per heavy atom. The van der Waals surface area contributed by atoms with E-state index in [2.05, 4.69) is 5.32 Å². The van der Waals surface area contributed by atoms with Crippen LogP contribution < -0.4 is 5.32 Å². The second-order valence-corrected chi connectivity index (χ2v) is 6.14. The molecule has 12 heavy (non-hydrogen) atoms. The second-order valence-electron chi connectivity index (χ2n) is 2.61. The highest BCUT2D eigenvalue weighted by molar-refractivity contribution is 8.73. The van der Waals surface area contributed by atoms with Crippen molar-refractivity contribution in [1.29, 1.82) is 0 Å². The first kappa shape index (κ1) is 10.3. The number of nitrogens with one attached hydrogen (secondary N) is 1. The van der Waals surface area contributed by atoms with Crippen molar-refractivity contribution >= 4 is 19.9 Å². The molecule has 0 aromatic heterocycles. The van der Waals surface area contributed by atoms with Crippen LogP contribution in [0.2, 0.25) is 0 Å². The lowest BCUT2D eigenvalue weighted by Crippen LogP contribution is -2.52. The summed E-state index contributed by atoms with van der Waals surface area (Å²) in [6.45, 7) is 4.69. The zero-order valence-electron chi connectivity index (χ0n) is 7.16. The molecule has 1 aliphatic rings. The number of hydrogen-bond donors (Lipinski definition) is 1. The quantitative estimate of drug-likeness (QED) is 0.705. The Labute approximate surface area is 76.6 Å². The van der Waals surface area contributed by atoms with Crippen LogP contribution in [0.1, 0.15) is 26.7 Å². The van der Waals surface area contributed by atoms with Crippen LogP contribution in [0.3, 0.4) is 0 Å². The van der Waals surface area contributed by atoms with Crippen LogP contribution in [0.25, 0.3) is 0 Å². The Bertz CT molecular complexity index is 238. The van der Waals surface area contributed by atoms with Gasteiger partial charge in [0.25, 0.3) is 0 Å². The van der Waals surface area contributed by atoms with Gasteiger partial charge in [-0.2, -0.15) is 8.42 Å². The lowest BCUT2D eigenvalue weighted by atomic mass is 10.4. The van der Waals surface area contributed by atoms with E-state index in [0.717, 1.165) is 23.8 Å². The van der Waals surface area contributed by atoms with E-state index < -0.39 is 14.2 Å². The molecule has 72 valence electrons. The van der Waals surface area contributed by atoms with Crippen molar-refractivity contribution in [2.45, 2.75) is 31.7 Å².